The zero-order valence-corrected chi connectivity index (χ0v) is 13.2. The molecule has 0 aliphatic rings. The number of carbonyl (C=O) groups is 1. The summed E-state index contributed by atoms with van der Waals surface area (Å²) in [5, 5.41) is 7.10. The number of rotatable bonds is 7. The summed E-state index contributed by atoms with van der Waals surface area (Å²) >= 11 is 5.95. The first-order chi connectivity index (χ1) is 10.2. The summed E-state index contributed by atoms with van der Waals surface area (Å²) in [6.07, 6.45) is 1.13. The van der Waals surface area contributed by atoms with Crippen LogP contribution in [-0.2, 0) is 16.0 Å². The van der Waals surface area contributed by atoms with Crippen molar-refractivity contribution >= 4 is 23.5 Å². The van der Waals surface area contributed by atoms with Crippen molar-refractivity contribution in [2.24, 2.45) is 4.99 Å². The number of esters is 1. The Kier molecular flexibility index (Phi) is 8.28. The van der Waals surface area contributed by atoms with Crippen molar-refractivity contribution in [2.45, 2.75) is 19.8 Å². The van der Waals surface area contributed by atoms with Gasteiger partial charge in [-0.3, -0.25) is 9.79 Å². The van der Waals surface area contributed by atoms with E-state index in [0.29, 0.717) is 12.5 Å². The van der Waals surface area contributed by atoms with E-state index in [1.54, 1.807) is 0 Å². The number of hydrogen-bond donors (Lipinski definition) is 2. The Morgan fingerprint density at radius 1 is 1.38 bits per heavy atom. The second-order valence-corrected chi connectivity index (χ2v) is 4.83. The third-order valence-electron chi connectivity index (χ3n) is 2.75. The molecule has 0 aliphatic heterocycles. The van der Waals surface area contributed by atoms with Crippen molar-refractivity contribution in [1.82, 2.24) is 10.6 Å². The van der Waals surface area contributed by atoms with Crippen molar-refractivity contribution in [2.75, 3.05) is 26.7 Å². The van der Waals surface area contributed by atoms with Crippen LogP contribution in [0.4, 0.5) is 0 Å². The fourth-order valence-corrected chi connectivity index (χ4v) is 1.93. The number of hydrogen-bond acceptors (Lipinski definition) is 3. The number of nitrogens with zero attached hydrogens (tertiary/aromatic N) is 1. The van der Waals surface area contributed by atoms with E-state index in [0.717, 1.165) is 24.5 Å². The van der Waals surface area contributed by atoms with Crippen molar-refractivity contribution in [1.29, 1.82) is 0 Å². The highest BCUT2D eigenvalue weighted by molar-refractivity contribution is 6.30. The third kappa shape index (κ3) is 7.56. The minimum Gasteiger partial charge on any atom is -0.469 e. The van der Waals surface area contributed by atoms with Crippen LogP contribution >= 0.6 is 11.6 Å². The highest BCUT2D eigenvalue weighted by Gasteiger charge is 2.01. The molecule has 2 N–H and O–H groups in total. The quantitative estimate of drug-likeness (QED) is 0.459. The normalized spacial score (nSPS) is 11.1. The predicted octanol–water partition coefficient (Wildman–Crippen LogP) is 2.00. The molecule has 0 aliphatic carbocycles. The second-order valence-electron chi connectivity index (χ2n) is 4.39. The Bertz CT molecular complexity index is 478. The second kappa shape index (κ2) is 10.0. The Hall–Kier alpha value is -1.75. The number of benzene rings is 1. The summed E-state index contributed by atoms with van der Waals surface area (Å²) in [7, 11) is 1.38. The molecule has 0 atom stereocenters. The Balaban J connectivity index is 2.39. The molecule has 0 fully saturated rings. The molecular weight excluding hydrogens is 290 g/mol. The summed E-state index contributed by atoms with van der Waals surface area (Å²) in [6, 6.07) is 7.78. The van der Waals surface area contributed by atoms with Crippen molar-refractivity contribution in [3.05, 3.63) is 34.9 Å². The Morgan fingerprint density at radius 2 is 2.19 bits per heavy atom. The zero-order chi connectivity index (χ0) is 15.5. The number of guanidine groups is 1. The maximum absolute atomic E-state index is 11.0. The fraction of sp³-hybridized carbons (Fsp3) is 0.467. The fourth-order valence-electron chi connectivity index (χ4n) is 1.72. The van der Waals surface area contributed by atoms with E-state index in [9.17, 15) is 4.79 Å². The summed E-state index contributed by atoms with van der Waals surface area (Å²) in [4.78, 5) is 15.4. The lowest BCUT2D eigenvalue weighted by atomic mass is 10.1. The molecule has 0 saturated heterocycles. The molecule has 0 saturated carbocycles. The van der Waals surface area contributed by atoms with Gasteiger partial charge in [-0.25, -0.2) is 0 Å². The maximum Gasteiger partial charge on any atom is 0.307 e. The number of nitrogens with one attached hydrogen (secondary N) is 2. The molecule has 0 bridgehead atoms. The molecule has 0 heterocycles. The Labute approximate surface area is 130 Å². The number of halogens is 1. The van der Waals surface area contributed by atoms with E-state index < -0.39 is 0 Å². The van der Waals surface area contributed by atoms with Crippen LogP contribution in [0.5, 0.6) is 0 Å². The predicted molar refractivity (Wildman–Crippen MR) is 85.8 cm³/mol. The summed E-state index contributed by atoms with van der Waals surface area (Å²) in [5.74, 6) is 0.442. The molecule has 0 amide bonds. The molecule has 1 aromatic carbocycles. The molecule has 0 spiro atoms. The van der Waals surface area contributed by atoms with E-state index in [2.05, 4.69) is 20.4 Å². The van der Waals surface area contributed by atoms with Gasteiger partial charge < -0.3 is 15.4 Å². The van der Waals surface area contributed by atoms with Gasteiger partial charge in [-0.1, -0.05) is 23.7 Å². The molecule has 21 heavy (non-hydrogen) atoms. The van der Waals surface area contributed by atoms with Crippen LogP contribution < -0.4 is 10.6 Å². The van der Waals surface area contributed by atoms with Gasteiger partial charge in [-0.05, 0) is 31.0 Å². The van der Waals surface area contributed by atoms with Gasteiger partial charge in [0.1, 0.15) is 0 Å². The SMILES string of the molecule is CCNC(=NCCC(=O)OC)NCCc1cccc(Cl)c1. The minimum absolute atomic E-state index is 0.256. The first-order valence-corrected chi connectivity index (χ1v) is 7.37. The molecule has 1 aromatic rings. The number of methoxy groups -OCH3 is 1. The standard InChI is InChI=1S/C15H22ClN3O2/c1-3-17-15(19-10-8-14(20)21-2)18-9-7-12-5-4-6-13(16)11-12/h4-6,11H,3,7-10H2,1-2H3,(H2,17,18,19). The van der Waals surface area contributed by atoms with Gasteiger partial charge in [0.2, 0.25) is 0 Å². The monoisotopic (exact) mass is 311 g/mol. The average molecular weight is 312 g/mol. The van der Waals surface area contributed by atoms with Crippen molar-refractivity contribution < 1.29 is 9.53 Å². The van der Waals surface area contributed by atoms with Crippen LogP contribution in [0, 0.1) is 0 Å². The smallest absolute Gasteiger partial charge is 0.307 e. The largest absolute Gasteiger partial charge is 0.469 e. The van der Waals surface area contributed by atoms with E-state index in [-0.39, 0.29) is 12.4 Å². The molecule has 5 nitrogen and oxygen atoms in total. The molecule has 1 rings (SSSR count). The van der Waals surface area contributed by atoms with Crippen LogP contribution in [0.1, 0.15) is 18.9 Å². The Morgan fingerprint density at radius 3 is 2.86 bits per heavy atom. The van der Waals surface area contributed by atoms with Gasteiger partial charge in [0.15, 0.2) is 5.96 Å². The maximum atomic E-state index is 11.0. The molecule has 6 heteroatoms. The lowest BCUT2D eigenvalue weighted by molar-refractivity contribution is -0.140. The topological polar surface area (TPSA) is 62.7 Å². The highest BCUT2D eigenvalue weighted by atomic mass is 35.5. The van der Waals surface area contributed by atoms with Crippen LogP contribution in [0.15, 0.2) is 29.3 Å². The number of carbonyl (C=O) groups excluding carboxylic acids is 1. The van der Waals surface area contributed by atoms with Gasteiger partial charge >= 0.3 is 5.97 Å². The highest BCUT2D eigenvalue weighted by Crippen LogP contribution is 2.10. The zero-order valence-electron chi connectivity index (χ0n) is 12.5. The van der Waals surface area contributed by atoms with Crippen LogP contribution in [0.2, 0.25) is 5.02 Å². The first kappa shape index (κ1) is 17.3. The summed E-state index contributed by atoms with van der Waals surface area (Å²) in [6.45, 7) is 3.90. The van der Waals surface area contributed by atoms with Crippen molar-refractivity contribution in [3.8, 4) is 0 Å². The van der Waals surface area contributed by atoms with Crippen LogP contribution in [0.25, 0.3) is 0 Å². The molecule has 0 unspecified atom stereocenters. The van der Waals surface area contributed by atoms with Crippen LogP contribution in [-0.4, -0.2) is 38.7 Å². The lowest BCUT2D eigenvalue weighted by Gasteiger charge is -2.11. The number of aliphatic imine (C=N–C) groups is 1. The third-order valence-corrected chi connectivity index (χ3v) is 2.99. The first-order valence-electron chi connectivity index (χ1n) is 6.99. The number of ether oxygens (including phenoxy) is 1. The van der Waals surface area contributed by atoms with E-state index >= 15 is 0 Å². The average Bonchev–Trinajstić information content (AvgIpc) is 2.47. The van der Waals surface area contributed by atoms with E-state index in [1.807, 2.05) is 31.2 Å². The van der Waals surface area contributed by atoms with E-state index in [4.69, 9.17) is 11.6 Å². The van der Waals surface area contributed by atoms with Gasteiger partial charge in [-0.15, -0.1) is 0 Å². The van der Waals surface area contributed by atoms with Gasteiger partial charge in [-0.2, -0.15) is 0 Å². The van der Waals surface area contributed by atoms with Crippen LogP contribution in [0.3, 0.4) is 0 Å². The van der Waals surface area contributed by atoms with Crippen molar-refractivity contribution in [3.63, 3.8) is 0 Å². The van der Waals surface area contributed by atoms with Gasteiger partial charge in [0.05, 0.1) is 20.1 Å². The van der Waals surface area contributed by atoms with E-state index in [1.165, 1.54) is 12.7 Å². The summed E-state index contributed by atoms with van der Waals surface area (Å²) in [5.41, 5.74) is 1.17. The lowest BCUT2D eigenvalue weighted by Crippen LogP contribution is -2.38. The van der Waals surface area contributed by atoms with Gasteiger partial charge in [0, 0.05) is 18.1 Å². The molecular formula is C15H22ClN3O2. The minimum atomic E-state index is -0.256. The molecule has 0 aromatic heterocycles. The summed E-state index contributed by atoms with van der Waals surface area (Å²) < 4.78 is 4.58. The molecule has 116 valence electrons. The van der Waals surface area contributed by atoms with Gasteiger partial charge in [0.25, 0.3) is 0 Å². The molecule has 0 radical (unpaired) electrons.